The van der Waals surface area contributed by atoms with Gasteiger partial charge in [0.1, 0.15) is 5.75 Å². The van der Waals surface area contributed by atoms with Gasteiger partial charge in [-0.3, -0.25) is 4.90 Å². The molecule has 1 spiro atoms. The predicted octanol–water partition coefficient (Wildman–Crippen LogP) is 1.53. The highest BCUT2D eigenvalue weighted by atomic mass is 16.5. The van der Waals surface area contributed by atoms with Crippen LogP contribution in [-0.4, -0.2) is 38.3 Å². The highest BCUT2D eigenvalue weighted by Gasteiger charge is 2.48. The summed E-state index contributed by atoms with van der Waals surface area (Å²) < 4.78 is 10.4. The monoisotopic (exact) mass is 219 g/mol. The lowest BCUT2D eigenvalue weighted by atomic mass is 9.78. The van der Waals surface area contributed by atoms with Gasteiger partial charge in [-0.25, -0.2) is 0 Å². The third-order valence-electron chi connectivity index (χ3n) is 3.50. The van der Waals surface area contributed by atoms with Gasteiger partial charge in [-0.15, -0.1) is 0 Å². The summed E-state index contributed by atoms with van der Waals surface area (Å²) in [6.07, 6.45) is 0. The zero-order valence-electron chi connectivity index (χ0n) is 9.61. The van der Waals surface area contributed by atoms with E-state index in [0.29, 0.717) is 5.41 Å². The van der Waals surface area contributed by atoms with Crippen molar-refractivity contribution in [2.24, 2.45) is 5.41 Å². The van der Waals surface area contributed by atoms with Crippen LogP contribution < -0.4 is 4.74 Å². The maximum atomic E-state index is 5.27. The largest absolute Gasteiger partial charge is 0.497 e. The maximum Gasteiger partial charge on any atom is 0.118 e. The van der Waals surface area contributed by atoms with Crippen molar-refractivity contribution in [1.29, 1.82) is 0 Å². The van der Waals surface area contributed by atoms with Crippen LogP contribution >= 0.6 is 0 Å². The van der Waals surface area contributed by atoms with Gasteiger partial charge in [0.15, 0.2) is 0 Å². The minimum absolute atomic E-state index is 0.520. The Bertz CT molecular complexity index is 362. The first kappa shape index (κ1) is 10.1. The number of rotatable bonds is 3. The van der Waals surface area contributed by atoms with Crippen LogP contribution in [0, 0.1) is 5.41 Å². The van der Waals surface area contributed by atoms with Crippen molar-refractivity contribution >= 4 is 0 Å². The second-order valence-electron chi connectivity index (χ2n) is 4.99. The van der Waals surface area contributed by atoms with Crippen LogP contribution in [0.4, 0.5) is 0 Å². The molecule has 1 aromatic rings. The van der Waals surface area contributed by atoms with Crippen LogP contribution in [0.15, 0.2) is 24.3 Å². The molecule has 0 radical (unpaired) electrons. The number of ether oxygens (including phenoxy) is 2. The van der Waals surface area contributed by atoms with E-state index >= 15 is 0 Å². The van der Waals surface area contributed by atoms with Crippen LogP contribution in [0.5, 0.6) is 5.75 Å². The molecule has 0 unspecified atom stereocenters. The molecule has 2 aliphatic heterocycles. The molecule has 2 aliphatic rings. The zero-order valence-corrected chi connectivity index (χ0v) is 9.61. The number of hydrogen-bond donors (Lipinski definition) is 0. The van der Waals surface area contributed by atoms with E-state index in [1.165, 1.54) is 18.7 Å². The molecule has 3 nitrogen and oxygen atoms in total. The van der Waals surface area contributed by atoms with E-state index in [4.69, 9.17) is 9.47 Å². The summed E-state index contributed by atoms with van der Waals surface area (Å²) in [7, 11) is 1.70. The molecule has 3 heteroatoms. The summed E-state index contributed by atoms with van der Waals surface area (Å²) >= 11 is 0. The lowest BCUT2D eigenvalue weighted by molar-refractivity contribution is -0.191. The van der Waals surface area contributed by atoms with E-state index in [2.05, 4.69) is 17.0 Å². The van der Waals surface area contributed by atoms with Crippen LogP contribution in [0.2, 0.25) is 0 Å². The van der Waals surface area contributed by atoms with Crippen molar-refractivity contribution in [3.8, 4) is 5.75 Å². The van der Waals surface area contributed by atoms with Crippen LogP contribution in [0.25, 0.3) is 0 Å². The average molecular weight is 219 g/mol. The Morgan fingerprint density at radius 1 is 1.25 bits per heavy atom. The van der Waals surface area contributed by atoms with E-state index < -0.39 is 0 Å². The van der Waals surface area contributed by atoms with Gasteiger partial charge in [0.2, 0.25) is 0 Å². The quantitative estimate of drug-likeness (QED) is 0.769. The van der Waals surface area contributed by atoms with Crippen LogP contribution in [0.3, 0.4) is 0 Å². The van der Waals surface area contributed by atoms with Gasteiger partial charge in [-0.05, 0) is 17.7 Å². The predicted molar refractivity (Wildman–Crippen MR) is 61.5 cm³/mol. The molecule has 86 valence electrons. The number of nitrogens with zero attached hydrogens (tertiary/aromatic N) is 1. The normalized spacial score (nSPS) is 22.6. The highest BCUT2D eigenvalue weighted by Crippen LogP contribution is 2.38. The van der Waals surface area contributed by atoms with Gasteiger partial charge >= 0.3 is 0 Å². The number of benzene rings is 1. The summed E-state index contributed by atoms with van der Waals surface area (Å²) in [5.41, 5.74) is 1.88. The Morgan fingerprint density at radius 2 is 1.94 bits per heavy atom. The fourth-order valence-electron chi connectivity index (χ4n) is 2.58. The molecule has 0 atom stereocenters. The summed E-state index contributed by atoms with van der Waals surface area (Å²) in [4.78, 5) is 2.48. The first-order valence-corrected chi connectivity index (χ1v) is 5.73. The molecule has 0 bridgehead atoms. The van der Waals surface area contributed by atoms with Gasteiger partial charge in [0.05, 0.1) is 20.3 Å². The van der Waals surface area contributed by atoms with Gasteiger partial charge in [0, 0.05) is 25.0 Å². The van der Waals surface area contributed by atoms with Crippen molar-refractivity contribution in [2.45, 2.75) is 6.54 Å². The Hall–Kier alpha value is -1.06. The Kier molecular flexibility index (Phi) is 2.37. The Balaban J connectivity index is 1.54. The molecule has 2 heterocycles. The van der Waals surface area contributed by atoms with Crippen LogP contribution in [0.1, 0.15) is 5.56 Å². The number of methoxy groups -OCH3 is 1. The zero-order chi connectivity index (χ0) is 11.0. The third kappa shape index (κ3) is 1.70. The lowest BCUT2D eigenvalue weighted by Crippen LogP contribution is -2.65. The van der Waals surface area contributed by atoms with Gasteiger partial charge in [-0.2, -0.15) is 0 Å². The molecule has 0 aromatic heterocycles. The molecule has 1 aromatic carbocycles. The average Bonchev–Trinajstić information content (AvgIpc) is 2.21. The highest BCUT2D eigenvalue weighted by molar-refractivity contribution is 5.27. The van der Waals surface area contributed by atoms with Crippen molar-refractivity contribution in [1.82, 2.24) is 4.90 Å². The van der Waals surface area contributed by atoms with E-state index in [1.807, 2.05) is 12.1 Å². The molecule has 0 amide bonds. The topological polar surface area (TPSA) is 21.7 Å². The van der Waals surface area contributed by atoms with E-state index in [0.717, 1.165) is 25.5 Å². The molecular weight excluding hydrogens is 202 g/mol. The fourth-order valence-corrected chi connectivity index (χ4v) is 2.58. The minimum atomic E-state index is 0.520. The summed E-state index contributed by atoms with van der Waals surface area (Å²) in [6, 6.07) is 8.33. The summed E-state index contributed by atoms with van der Waals surface area (Å²) in [5, 5.41) is 0. The Labute approximate surface area is 96.0 Å². The van der Waals surface area contributed by atoms with Gasteiger partial charge < -0.3 is 9.47 Å². The van der Waals surface area contributed by atoms with Crippen molar-refractivity contribution in [3.63, 3.8) is 0 Å². The molecule has 16 heavy (non-hydrogen) atoms. The van der Waals surface area contributed by atoms with Crippen LogP contribution in [-0.2, 0) is 11.3 Å². The SMILES string of the molecule is COc1ccc(CN2CC3(COC3)C2)cc1. The van der Waals surface area contributed by atoms with E-state index in [1.54, 1.807) is 7.11 Å². The fraction of sp³-hybridized carbons (Fsp3) is 0.538. The summed E-state index contributed by atoms with van der Waals surface area (Å²) in [5.74, 6) is 0.927. The third-order valence-corrected chi connectivity index (χ3v) is 3.50. The second kappa shape index (κ2) is 3.75. The second-order valence-corrected chi connectivity index (χ2v) is 4.99. The number of likely N-dealkylation sites (tertiary alicyclic amines) is 1. The molecule has 2 fully saturated rings. The minimum Gasteiger partial charge on any atom is -0.497 e. The van der Waals surface area contributed by atoms with Crippen molar-refractivity contribution in [3.05, 3.63) is 29.8 Å². The van der Waals surface area contributed by atoms with Gasteiger partial charge in [-0.1, -0.05) is 12.1 Å². The Morgan fingerprint density at radius 3 is 2.44 bits per heavy atom. The standard InChI is InChI=1S/C13H17NO2/c1-15-12-4-2-11(3-5-12)6-14-7-13(8-14)9-16-10-13/h2-5H,6-10H2,1H3. The van der Waals surface area contributed by atoms with Gasteiger partial charge in [0.25, 0.3) is 0 Å². The number of hydrogen-bond acceptors (Lipinski definition) is 3. The van der Waals surface area contributed by atoms with Crippen molar-refractivity contribution in [2.75, 3.05) is 33.4 Å². The molecular formula is C13H17NO2. The first-order chi connectivity index (χ1) is 7.80. The molecule has 0 N–H and O–H groups in total. The molecule has 0 saturated carbocycles. The molecule has 2 saturated heterocycles. The maximum absolute atomic E-state index is 5.27. The lowest BCUT2D eigenvalue weighted by Gasteiger charge is -2.55. The first-order valence-electron chi connectivity index (χ1n) is 5.73. The summed E-state index contributed by atoms with van der Waals surface area (Å²) in [6.45, 7) is 5.36. The smallest absolute Gasteiger partial charge is 0.118 e. The van der Waals surface area contributed by atoms with Crippen molar-refractivity contribution < 1.29 is 9.47 Å². The van der Waals surface area contributed by atoms with E-state index in [-0.39, 0.29) is 0 Å². The molecule has 0 aliphatic carbocycles. The van der Waals surface area contributed by atoms with E-state index in [9.17, 15) is 0 Å². The molecule has 3 rings (SSSR count).